The maximum atomic E-state index is 10.5. The monoisotopic (exact) mass is 141 g/mol. The Morgan fingerprint density at radius 1 is 1.50 bits per heavy atom. The average molecular weight is 141 g/mol. The second kappa shape index (κ2) is 2.44. The summed E-state index contributed by atoms with van der Waals surface area (Å²) in [5.41, 5.74) is 9.79. The van der Waals surface area contributed by atoms with Crippen molar-refractivity contribution >= 4 is 5.95 Å². The lowest BCUT2D eigenvalue weighted by Gasteiger charge is -1.93. The number of hydrogen-bond donors (Lipinski definition) is 3. The normalized spacial score (nSPS) is 9.70. The van der Waals surface area contributed by atoms with Crippen molar-refractivity contribution in [2.24, 2.45) is 5.73 Å². The van der Waals surface area contributed by atoms with Crippen LogP contribution < -0.4 is 17.2 Å². The van der Waals surface area contributed by atoms with Gasteiger partial charge in [0.1, 0.15) is 5.82 Å². The van der Waals surface area contributed by atoms with Crippen molar-refractivity contribution < 1.29 is 0 Å². The molecule has 0 spiro atoms. The van der Waals surface area contributed by atoms with Crippen molar-refractivity contribution in [3.63, 3.8) is 0 Å². The number of nitrogens with one attached hydrogen (secondary N) is 1. The van der Waals surface area contributed by atoms with Crippen LogP contribution in [-0.4, -0.2) is 15.0 Å². The first-order valence-electron chi connectivity index (χ1n) is 2.65. The van der Waals surface area contributed by atoms with Crippen molar-refractivity contribution in [3.8, 4) is 0 Å². The van der Waals surface area contributed by atoms with Gasteiger partial charge in [0.15, 0.2) is 0 Å². The van der Waals surface area contributed by atoms with E-state index in [4.69, 9.17) is 11.5 Å². The average Bonchev–Trinajstić information content (AvgIpc) is 1.85. The molecule has 1 rings (SSSR count). The number of aromatic nitrogens is 3. The fraction of sp³-hybridized carbons (Fsp3) is 0.250. The highest BCUT2D eigenvalue weighted by atomic mass is 16.1. The molecule has 0 saturated carbocycles. The molecule has 0 aliphatic rings. The topological polar surface area (TPSA) is 111 Å². The number of aromatic amines is 1. The van der Waals surface area contributed by atoms with Crippen LogP contribution in [0.2, 0.25) is 0 Å². The Hall–Kier alpha value is -1.43. The summed E-state index contributed by atoms with van der Waals surface area (Å²) in [6.45, 7) is 0.155. The minimum Gasteiger partial charge on any atom is -0.368 e. The molecule has 1 aromatic heterocycles. The van der Waals surface area contributed by atoms with Gasteiger partial charge in [0.2, 0.25) is 5.95 Å². The molecule has 1 aromatic rings. The van der Waals surface area contributed by atoms with E-state index in [0.717, 1.165) is 0 Å². The van der Waals surface area contributed by atoms with Crippen molar-refractivity contribution in [2.45, 2.75) is 6.54 Å². The van der Waals surface area contributed by atoms with Gasteiger partial charge in [-0.15, -0.1) is 0 Å². The van der Waals surface area contributed by atoms with Gasteiger partial charge in [0, 0.05) is 0 Å². The second-order valence-electron chi connectivity index (χ2n) is 1.66. The van der Waals surface area contributed by atoms with Crippen molar-refractivity contribution in [1.82, 2.24) is 15.0 Å². The molecule has 0 aromatic carbocycles. The van der Waals surface area contributed by atoms with E-state index in [1.165, 1.54) is 0 Å². The number of anilines is 1. The third-order valence-corrected chi connectivity index (χ3v) is 0.910. The van der Waals surface area contributed by atoms with Crippen LogP contribution in [0.3, 0.4) is 0 Å². The number of rotatable bonds is 1. The lowest BCUT2D eigenvalue weighted by atomic mass is 10.6. The SMILES string of the molecule is NCc1nc(N)nc(=O)[nH]1. The molecule has 10 heavy (non-hydrogen) atoms. The van der Waals surface area contributed by atoms with E-state index in [-0.39, 0.29) is 12.5 Å². The molecule has 54 valence electrons. The fourth-order valence-electron chi connectivity index (χ4n) is 0.543. The molecule has 0 aliphatic carbocycles. The van der Waals surface area contributed by atoms with E-state index in [2.05, 4.69) is 15.0 Å². The van der Waals surface area contributed by atoms with Gasteiger partial charge in [0.25, 0.3) is 0 Å². The second-order valence-corrected chi connectivity index (χ2v) is 1.66. The lowest BCUT2D eigenvalue weighted by molar-refractivity contribution is 0.856. The highest BCUT2D eigenvalue weighted by Crippen LogP contribution is 1.84. The van der Waals surface area contributed by atoms with E-state index in [1.54, 1.807) is 0 Å². The molecule has 0 saturated heterocycles. The first-order valence-corrected chi connectivity index (χ1v) is 2.65. The summed E-state index contributed by atoms with van der Waals surface area (Å²) in [4.78, 5) is 19.8. The summed E-state index contributed by atoms with van der Waals surface area (Å²) in [5, 5.41) is 0. The number of H-pyrrole nitrogens is 1. The van der Waals surface area contributed by atoms with Crippen molar-refractivity contribution in [2.75, 3.05) is 5.73 Å². The largest absolute Gasteiger partial charge is 0.368 e. The Morgan fingerprint density at radius 3 is 2.70 bits per heavy atom. The molecule has 5 N–H and O–H groups in total. The summed E-state index contributed by atoms with van der Waals surface area (Å²) < 4.78 is 0. The molecule has 0 radical (unpaired) electrons. The molecular weight excluding hydrogens is 134 g/mol. The third kappa shape index (κ3) is 1.29. The van der Waals surface area contributed by atoms with Crippen LogP contribution in [0.25, 0.3) is 0 Å². The molecule has 1 heterocycles. The molecule has 0 atom stereocenters. The minimum absolute atomic E-state index is 0.0517. The molecule has 6 nitrogen and oxygen atoms in total. The Labute approximate surface area is 56.3 Å². The van der Waals surface area contributed by atoms with Crippen LogP contribution in [-0.2, 0) is 6.54 Å². The Kier molecular flexibility index (Phi) is 1.63. The predicted octanol–water partition coefficient (Wildman–Crippen LogP) is -1.79. The minimum atomic E-state index is -0.520. The van der Waals surface area contributed by atoms with Crippen LogP contribution in [0.4, 0.5) is 5.95 Å². The quantitative estimate of drug-likeness (QED) is 0.427. The van der Waals surface area contributed by atoms with Gasteiger partial charge in [-0.25, -0.2) is 4.79 Å². The van der Waals surface area contributed by atoms with Crippen molar-refractivity contribution in [3.05, 3.63) is 16.3 Å². The number of nitrogen functional groups attached to an aromatic ring is 1. The van der Waals surface area contributed by atoms with E-state index in [9.17, 15) is 4.79 Å². The zero-order chi connectivity index (χ0) is 7.56. The maximum absolute atomic E-state index is 10.5. The van der Waals surface area contributed by atoms with Crippen LogP contribution in [0.15, 0.2) is 4.79 Å². The van der Waals surface area contributed by atoms with Gasteiger partial charge in [0.05, 0.1) is 6.54 Å². The van der Waals surface area contributed by atoms with Gasteiger partial charge >= 0.3 is 5.69 Å². The molecule has 0 fully saturated rings. The molecule has 0 amide bonds. The fourth-order valence-corrected chi connectivity index (χ4v) is 0.543. The zero-order valence-electron chi connectivity index (χ0n) is 5.16. The summed E-state index contributed by atoms with van der Waals surface area (Å²) >= 11 is 0. The lowest BCUT2D eigenvalue weighted by Crippen LogP contribution is -2.19. The first kappa shape index (κ1) is 6.69. The van der Waals surface area contributed by atoms with E-state index in [1.807, 2.05) is 0 Å². The van der Waals surface area contributed by atoms with Crippen LogP contribution in [0, 0.1) is 0 Å². The van der Waals surface area contributed by atoms with Crippen LogP contribution in [0.1, 0.15) is 5.82 Å². The molecule has 0 bridgehead atoms. The smallest absolute Gasteiger partial charge is 0.349 e. The standard InChI is InChI=1S/C4H7N5O/c5-1-2-7-3(6)9-4(10)8-2/h1,5H2,(H3,6,7,8,9,10). The van der Waals surface area contributed by atoms with Crippen molar-refractivity contribution in [1.29, 1.82) is 0 Å². The van der Waals surface area contributed by atoms with Gasteiger partial charge < -0.3 is 11.5 Å². The maximum Gasteiger partial charge on any atom is 0.349 e. The molecule has 0 unspecified atom stereocenters. The Bertz CT molecular complexity index is 279. The summed E-state index contributed by atoms with van der Waals surface area (Å²) in [5.74, 6) is 0.293. The van der Waals surface area contributed by atoms with E-state index >= 15 is 0 Å². The molecule has 0 aliphatic heterocycles. The highest BCUT2D eigenvalue weighted by molar-refractivity contribution is 5.12. The number of hydrogen-bond acceptors (Lipinski definition) is 5. The number of nitrogens with zero attached hydrogens (tertiary/aromatic N) is 2. The highest BCUT2D eigenvalue weighted by Gasteiger charge is 1.94. The van der Waals surface area contributed by atoms with Gasteiger partial charge in [-0.2, -0.15) is 9.97 Å². The van der Waals surface area contributed by atoms with E-state index < -0.39 is 5.69 Å². The number of nitrogens with two attached hydrogens (primary N) is 2. The summed E-state index contributed by atoms with van der Waals surface area (Å²) in [7, 11) is 0. The van der Waals surface area contributed by atoms with Crippen LogP contribution in [0.5, 0.6) is 0 Å². The van der Waals surface area contributed by atoms with Crippen LogP contribution >= 0.6 is 0 Å². The van der Waals surface area contributed by atoms with Gasteiger partial charge in [-0.1, -0.05) is 0 Å². The molecule has 6 heteroatoms. The Morgan fingerprint density at radius 2 is 2.20 bits per heavy atom. The van der Waals surface area contributed by atoms with Gasteiger partial charge in [-0.3, -0.25) is 4.98 Å². The zero-order valence-corrected chi connectivity index (χ0v) is 5.16. The summed E-state index contributed by atoms with van der Waals surface area (Å²) in [6.07, 6.45) is 0. The summed E-state index contributed by atoms with van der Waals surface area (Å²) in [6, 6.07) is 0. The van der Waals surface area contributed by atoms with E-state index in [0.29, 0.717) is 5.82 Å². The Balaban J connectivity index is 3.19. The predicted molar refractivity (Wildman–Crippen MR) is 35.0 cm³/mol. The first-order chi connectivity index (χ1) is 4.72. The third-order valence-electron chi connectivity index (χ3n) is 0.910. The molecular formula is C4H7N5O. The van der Waals surface area contributed by atoms with Gasteiger partial charge in [-0.05, 0) is 0 Å².